The first-order chi connectivity index (χ1) is 14.5. The van der Waals surface area contributed by atoms with Gasteiger partial charge in [0.05, 0.1) is 0 Å². The summed E-state index contributed by atoms with van der Waals surface area (Å²) in [5.41, 5.74) is 1.40. The highest BCUT2D eigenvalue weighted by atomic mass is 16.5. The number of benzene rings is 1. The number of carbonyl (C=O) groups is 1. The van der Waals surface area contributed by atoms with Gasteiger partial charge < -0.3 is 14.3 Å². The van der Waals surface area contributed by atoms with Gasteiger partial charge in [-0.15, -0.1) is 0 Å². The third kappa shape index (κ3) is 6.94. The lowest BCUT2D eigenvalue weighted by Gasteiger charge is -2.39. The Balaban J connectivity index is 1.48. The van der Waals surface area contributed by atoms with Gasteiger partial charge in [-0.05, 0) is 50.3 Å². The van der Waals surface area contributed by atoms with E-state index in [4.69, 9.17) is 4.52 Å². The molecule has 0 radical (unpaired) electrons. The Morgan fingerprint density at radius 3 is 2.80 bits per heavy atom. The maximum Gasteiger partial charge on any atom is 0.226 e. The fraction of sp³-hybridized carbons (Fsp3) is 0.625. The molecule has 2 heterocycles. The summed E-state index contributed by atoms with van der Waals surface area (Å²) >= 11 is 0. The number of hydrogen-bond donors (Lipinski definition) is 0. The molecule has 1 aliphatic rings. The molecule has 0 N–H and O–H groups in total. The molecule has 1 atom stereocenters. The van der Waals surface area contributed by atoms with Gasteiger partial charge in [0.2, 0.25) is 11.8 Å². The number of carbonyl (C=O) groups excluding carboxylic acids is 1. The van der Waals surface area contributed by atoms with Gasteiger partial charge in [0.1, 0.15) is 0 Å². The van der Waals surface area contributed by atoms with Crippen molar-refractivity contribution in [3.63, 3.8) is 0 Å². The van der Waals surface area contributed by atoms with Crippen LogP contribution in [0, 0.1) is 5.92 Å². The summed E-state index contributed by atoms with van der Waals surface area (Å²) in [6.07, 6.45) is 5.91. The number of piperidine rings is 1. The first-order valence-electron chi connectivity index (χ1n) is 11.4. The summed E-state index contributed by atoms with van der Waals surface area (Å²) < 4.78 is 5.34. The zero-order valence-electron chi connectivity index (χ0n) is 18.7. The molecule has 6 nitrogen and oxygen atoms in total. The smallest absolute Gasteiger partial charge is 0.226 e. The van der Waals surface area contributed by atoms with Crippen LogP contribution in [-0.2, 0) is 24.1 Å². The SMILES string of the molecule is CC(=O)N(CCc1noc(CC(C)C)n1)C1CCCN(CCCc2ccccc2)C1. The Bertz CT molecular complexity index is 775. The van der Waals surface area contributed by atoms with Gasteiger partial charge in [-0.3, -0.25) is 4.79 Å². The number of amides is 1. The van der Waals surface area contributed by atoms with Crippen molar-refractivity contribution < 1.29 is 9.32 Å². The highest BCUT2D eigenvalue weighted by molar-refractivity contribution is 5.73. The summed E-state index contributed by atoms with van der Waals surface area (Å²) in [6.45, 7) is 9.76. The first-order valence-corrected chi connectivity index (χ1v) is 11.4. The molecule has 0 aliphatic carbocycles. The highest BCUT2D eigenvalue weighted by Gasteiger charge is 2.27. The van der Waals surface area contributed by atoms with E-state index in [0.717, 1.165) is 51.7 Å². The second-order valence-corrected chi connectivity index (χ2v) is 8.85. The number of hydrogen-bond acceptors (Lipinski definition) is 5. The molecular weight excluding hydrogens is 376 g/mol. The molecule has 1 unspecified atom stereocenters. The second kappa shape index (κ2) is 11.3. The van der Waals surface area contributed by atoms with Crippen LogP contribution in [-0.4, -0.2) is 58.1 Å². The van der Waals surface area contributed by atoms with Crippen LogP contribution in [0.15, 0.2) is 34.9 Å². The van der Waals surface area contributed by atoms with Crippen molar-refractivity contribution in [1.82, 2.24) is 19.9 Å². The van der Waals surface area contributed by atoms with Crippen LogP contribution in [0.1, 0.15) is 57.3 Å². The van der Waals surface area contributed by atoms with Crippen molar-refractivity contribution in [3.05, 3.63) is 47.6 Å². The van der Waals surface area contributed by atoms with Crippen molar-refractivity contribution in [2.75, 3.05) is 26.2 Å². The molecule has 0 saturated carbocycles. The van der Waals surface area contributed by atoms with Crippen molar-refractivity contribution in [2.24, 2.45) is 5.92 Å². The van der Waals surface area contributed by atoms with E-state index in [2.05, 4.69) is 59.2 Å². The fourth-order valence-electron chi connectivity index (χ4n) is 4.28. The molecule has 1 amide bonds. The molecule has 1 saturated heterocycles. The molecular formula is C24H36N4O2. The molecule has 1 fully saturated rings. The largest absolute Gasteiger partial charge is 0.339 e. The summed E-state index contributed by atoms with van der Waals surface area (Å²) in [6, 6.07) is 10.9. The van der Waals surface area contributed by atoms with Gasteiger partial charge in [0, 0.05) is 38.9 Å². The maximum absolute atomic E-state index is 12.4. The number of aromatic nitrogens is 2. The van der Waals surface area contributed by atoms with E-state index in [-0.39, 0.29) is 11.9 Å². The average molecular weight is 413 g/mol. The van der Waals surface area contributed by atoms with Crippen LogP contribution in [0.5, 0.6) is 0 Å². The minimum atomic E-state index is 0.136. The van der Waals surface area contributed by atoms with Gasteiger partial charge in [-0.1, -0.05) is 49.3 Å². The van der Waals surface area contributed by atoms with E-state index < -0.39 is 0 Å². The zero-order valence-corrected chi connectivity index (χ0v) is 18.7. The summed E-state index contributed by atoms with van der Waals surface area (Å²) in [5, 5.41) is 4.10. The molecule has 1 aromatic heterocycles. The van der Waals surface area contributed by atoms with Gasteiger partial charge in [-0.25, -0.2) is 0 Å². The Hall–Kier alpha value is -2.21. The van der Waals surface area contributed by atoms with Crippen molar-refractivity contribution >= 4 is 5.91 Å². The first kappa shape index (κ1) is 22.5. The molecule has 164 valence electrons. The molecule has 30 heavy (non-hydrogen) atoms. The second-order valence-electron chi connectivity index (χ2n) is 8.85. The Kier molecular flexibility index (Phi) is 8.43. The Morgan fingerprint density at radius 1 is 1.27 bits per heavy atom. The lowest BCUT2D eigenvalue weighted by atomic mass is 10.0. The number of rotatable bonds is 10. The molecule has 1 aromatic carbocycles. The summed E-state index contributed by atoms with van der Waals surface area (Å²) in [7, 11) is 0. The minimum Gasteiger partial charge on any atom is -0.339 e. The number of likely N-dealkylation sites (tertiary alicyclic amines) is 1. The normalized spacial score (nSPS) is 17.4. The van der Waals surface area contributed by atoms with Crippen LogP contribution >= 0.6 is 0 Å². The molecule has 0 bridgehead atoms. The van der Waals surface area contributed by atoms with E-state index >= 15 is 0 Å². The van der Waals surface area contributed by atoms with Crippen LogP contribution < -0.4 is 0 Å². The lowest BCUT2D eigenvalue weighted by Crippen LogP contribution is -2.50. The predicted octanol–water partition coefficient (Wildman–Crippen LogP) is 3.76. The van der Waals surface area contributed by atoms with Gasteiger partial charge in [0.15, 0.2) is 5.82 Å². The van der Waals surface area contributed by atoms with Crippen LogP contribution in [0.2, 0.25) is 0 Å². The Labute approximate surface area is 180 Å². The highest BCUT2D eigenvalue weighted by Crippen LogP contribution is 2.18. The topological polar surface area (TPSA) is 62.5 Å². The van der Waals surface area contributed by atoms with Crippen molar-refractivity contribution in [1.29, 1.82) is 0 Å². The van der Waals surface area contributed by atoms with E-state index in [9.17, 15) is 4.79 Å². The maximum atomic E-state index is 12.4. The quantitative estimate of drug-likeness (QED) is 0.595. The molecule has 3 rings (SSSR count). The fourth-order valence-corrected chi connectivity index (χ4v) is 4.28. The van der Waals surface area contributed by atoms with Gasteiger partial charge >= 0.3 is 0 Å². The average Bonchev–Trinajstić information content (AvgIpc) is 3.15. The van der Waals surface area contributed by atoms with Crippen LogP contribution in [0.4, 0.5) is 0 Å². The molecule has 6 heteroatoms. The van der Waals surface area contributed by atoms with Crippen molar-refractivity contribution in [3.8, 4) is 0 Å². The lowest BCUT2D eigenvalue weighted by molar-refractivity contribution is -0.132. The zero-order chi connectivity index (χ0) is 21.3. The molecule has 0 spiro atoms. The summed E-state index contributed by atoms with van der Waals surface area (Å²) in [5.74, 6) is 2.02. The third-order valence-corrected chi connectivity index (χ3v) is 5.78. The van der Waals surface area contributed by atoms with Crippen molar-refractivity contribution in [2.45, 2.75) is 65.3 Å². The predicted molar refractivity (Wildman–Crippen MR) is 118 cm³/mol. The monoisotopic (exact) mass is 412 g/mol. The number of aryl methyl sites for hydroxylation is 1. The van der Waals surface area contributed by atoms with E-state index in [1.165, 1.54) is 5.56 Å². The van der Waals surface area contributed by atoms with Crippen LogP contribution in [0.25, 0.3) is 0 Å². The molecule has 2 aromatic rings. The third-order valence-electron chi connectivity index (χ3n) is 5.78. The standard InChI is InChI=1S/C24H36N4O2/c1-19(2)17-24-25-23(26-30-24)13-16-28(20(3)29)22-12-8-15-27(18-22)14-7-11-21-9-5-4-6-10-21/h4-6,9-10,19,22H,7-8,11-18H2,1-3H3. The summed E-state index contributed by atoms with van der Waals surface area (Å²) in [4.78, 5) is 21.4. The molecule has 1 aliphatic heterocycles. The minimum absolute atomic E-state index is 0.136. The van der Waals surface area contributed by atoms with Crippen LogP contribution in [0.3, 0.4) is 0 Å². The number of nitrogens with zero attached hydrogens (tertiary/aromatic N) is 4. The Morgan fingerprint density at radius 2 is 2.07 bits per heavy atom. The van der Waals surface area contributed by atoms with E-state index in [1.807, 2.05) is 4.90 Å². The van der Waals surface area contributed by atoms with Gasteiger partial charge in [-0.2, -0.15) is 4.98 Å². The van der Waals surface area contributed by atoms with Gasteiger partial charge in [0.25, 0.3) is 0 Å². The van der Waals surface area contributed by atoms with E-state index in [0.29, 0.717) is 30.6 Å². The van der Waals surface area contributed by atoms with E-state index in [1.54, 1.807) is 6.92 Å².